The summed E-state index contributed by atoms with van der Waals surface area (Å²) in [7, 11) is 0. The highest BCUT2D eigenvalue weighted by Crippen LogP contribution is 2.35. The number of hydrogen-bond acceptors (Lipinski definition) is 8. The summed E-state index contributed by atoms with van der Waals surface area (Å²) < 4.78 is 10.3. The zero-order valence-corrected chi connectivity index (χ0v) is 15.6. The second-order valence-electron chi connectivity index (χ2n) is 7.27. The summed E-state index contributed by atoms with van der Waals surface area (Å²) in [5.74, 6) is 0.687. The number of carbonyl (C=O) groups excluding carboxylic acids is 1. The maximum Gasteiger partial charge on any atom is 0.273 e. The van der Waals surface area contributed by atoms with E-state index < -0.39 is 24.2 Å². The van der Waals surface area contributed by atoms with Gasteiger partial charge < -0.3 is 29.7 Å². The van der Waals surface area contributed by atoms with Crippen LogP contribution in [0.15, 0.2) is 28.9 Å². The largest absolute Gasteiger partial charge is 0.390 e. The predicted octanol–water partition coefficient (Wildman–Crippen LogP) is 0.222. The average molecular weight is 388 g/mol. The molecule has 9 nitrogen and oxygen atoms in total. The van der Waals surface area contributed by atoms with Gasteiger partial charge in [0.15, 0.2) is 5.69 Å². The summed E-state index contributed by atoms with van der Waals surface area (Å²) in [4.78, 5) is 19.1. The molecule has 0 aromatic carbocycles. The van der Waals surface area contributed by atoms with Crippen LogP contribution in [-0.4, -0.2) is 70.8 Å². The molecule has 4 atom stereocenters. The van der Waals surface area contributed by atoms with Crippen LogP contribution < -0.4 is 10.2 Å². The maximum absolute atomic E-state index is 12.4. The third-order valence-corrected chi connectivity index (χ3v) is 5.38. The number of amides is 1. The molecule has 1 aliphatic carbocycles. The Morgan fingerprint density at radius 1 is 1.29 bits per heavy atom. The van der Waals surface area contributed by atoms with Crippen LogP contribution >= 0.6 is 0 Å². The third kappa shape index (κ3) is 3.73. The van der Waals surface area contributed by atoms with Gasteiger partial charge in [0, 0.05) is 31.3 Å². The van der Waals surface area contributed by atoms with Crippen LogP contribution in [0.4, 0.5) is 5.82 Å². The van der Waals surface area contributed by atoms with Crippen molar-refractivity contribution in [2.24, 2.45) is 0 Å². The highest BCUT2D eigenvalue weighted by molar-refractivity contribution is 5.92. The Morgan fingerprint density at radius 2 is 2.07 bits per heavy atom. The van der Waals surface area contributed by atoms with E-state index in [9.17, 15) is 15.0 Å². The number of hydrogen-bond donors (Lipinski definition) is 3. The number of aryl methyl sites for hydroxylation is 1. The van der Waals surface area contributed by atoms with E-state index in [4.69, 9.17) is 9.26 Å². The number of aliphatic hydroxyl groups excluding tert-OH is 2. The predicted molar refractivity (Wildman–Crippen MR) is 99.1 cm³/mol. The number of nitrogens with one attached hydrogen (secondary N) is 1. The summed E-state index contributed by atoms with van der Waals surface area (Å²) in [5.41, 5.74) is 1.000. The minimum absolute atomic E-state index is 0.144. The van der Waals surface area contributed by atoms with Crippen LogP contribution in [0, 0.1) is 6.92 Å². The molecule has 4 rings (SSSR count). The first kappa shape index (κ1) is 18.9. The molecule has 2 aliphatic rings. The Labute approximate surface area is 162 Å². The first-order valence-electron chi connectivity index (χ1n) is 9.42. The van der Waals surface area contributed by atoms with Crippen LogP contribution in [0.5, 0.6) is 0 Å². The fourth-order valence-electron chi connectivity index (χ4n) is 3.85. The Morgan fingerprint density at radius 3 is 2.71 bits per heavy atom. The third-order valence-electron chi connectivity index (χ3n) is 5.38. The number of aromatic nitrogens is 2. The number of rotatable bonds is 4. The van der Waals surface area contributed by atoms with Crippen molar-refractivity contribution in [3.8, 4) is 0 Å². The first-order valence-corrected chi connectivity index (χ1v) is 9.42. The molecule has 1 saturated carbocycles. The van der Waals surface area contributed by atoms with E-state index in [1.807, 2.05) is 12.1 Å². The van der Waals surface area contributed by atoms with Gasteiger partial charge in [-0.05, 0) is 25.0 Å². The van der Waals surface area contributed by atoms with Gasteiger partial charge in [-0.15, -0.1) is 0 Å². The topological polar surface area (TPSA) is 121 Å². The van der Waals surface area contributed by atoms with Crippen LogP contribution in [0.25, 0.3) is 0 Å². The van der Waals surface area contributed by atoms with E-state index >= 15 is 0 Å². The van der Waals surface area contributed by atoms with Gasteiger partial charge in [-0.2, -0.15) is 0 Å². The molecule has 1 saturated heterocycles. The van der Waals surface area contributed by atoms with Gasteiger partial charge in [-0.25, -0.2) is 4.98 Å². The molecule has 2 aromatic heterocycles. The van der Waals surface area contributed by atoms with Crippen LogP contribution in [0.3, 0.4) is 0 Å². The number of nitrogens with zero attached hydrogens (tertiary/aromatic N) is 3. The zero-order chi connectivity index (χ0) is 19.7. The van der Waals surface area contributed by atoms with Gasteiger partial charge in [0.2, 0.25) is 0 Å². The zero-order valence-electron chi connectivity index (χ0n) is 15.6. The van der Waals surface area contributed by atoms with Crippen LogP contribution in [0.2, 0.25) is 0 Å². The molecule has 28 heavy (non-hydrogen) atoms. The lowest BCUT2D eigenvalue weighted by molar-refractivity contribution is 0.0293. The van der Waals surface area contributed by atoms with Gasteiger partial charge in [0.1, 0.15) is 17.7 Å². The number of aliphatic hydroxyl groups is 2. The summed E-state index contributed by atoms with van der Waals surface area (Å²) >= 11 is 0. The Kier molecular flexibility index (Phi) is 5.29. The Bertz CT molecular complexity index is 818. The minimum atomic E-state index is -1.07. The van der Waals surface area contributed by atoms with Crippen molar-refractivity contribution in [1.29, 1.82) is 0 Å². The fraction of sp³-hybridized carbons (Fsp3) is 0.526. The number of ether oxygens (including phenoxy) is 1. The van der Waals surface area contributed by atoms with E-state index in [2.05, 4.69) is 20.4 Å². The smallest absolute Gasteiger partial charge is 0.273 e. The van der Waals surface area contributed by atoms with E-state index in [0.717, 1.165) is 24.5 Å². The lowest BCUT2D eigenvalue weighted by Crippen LogP contribution is -2.45. The fourth-order valence-corrected chi connectivity index (χ4v) is 3.85. The molecule has 3 heterocycles. The highest BCUT2D eigenvalue weighted by atomic mass is 16.5. The molecule has 9 heteroatoms. The van der Waals surface area contributed by atoms with Crippen molar-refractivity contribution in [3.63, 3.8) is 0 Å². The molecule has 1 aliphatic heterocycles. The van der Waals surface area contributed by atoms with Crippen molar-refractivity contribution >= 4 is 11.7 Å². The van der Waals surface area contributed by atoms with Gasteiger partial charge in [-0.1, -0.05) is 11.2 Å². The van der Waals surface area contributed by atoms with Gasteiger partial charge in [-0.3, -0.25) is 4.79 Å². The molecule has 3 N–H and O–H groups in total. The summed E-state index contributed by atoms with van der Waals surface area (Å²) in [6.45, 7) is 4.65. The van der Waals surface area contributed by atoms with E-state index in [0.29, 0.717) is 25.4 Å². The monoisotopic (exact) mass is 388 g/mol. The summed E-state index contributed by atoms with van der Waals surface area (Å²) in [6, 6.07) is 4.75. The number of morpholine rings is 1. The molecule has 0 spiro atoms. The molecule has 1 amide bonds. The van der Waals surface area contributed by atoms with E-state index in [1.54, 1.807) is 13.1 Å². The average Bonchev–Trinajstić information content (AvgIpc) is 3.27. The molecule has 2 fully saturated rings. The summed E-state index contributed by atoms with van der Waals surface area (Å²) in [6.07, 6.45) is 0.0939. The summed E-state index contributed by atoms with van der Waals surface area (Å²) in [5, 5.41) is 27.1. The van der Waals surface area contributed by atoms with Gasteiger partial charge >= 0.3 is 0 Å². The van der Waals surface area contributed by atoms with Crippen molar-refractivity contribution in [2.45, 2.75) is 37.5 Å². The van der Waals surface area contributed by atoms with Crippen LogP contribution in [-0.2, 0) is 4.74 Å². The number of carbonyl (C=O) groups is 1. The van der Waals surface area contributed by atoms with E-state index in [-0.39, 0.29) is 11.6 Å². The number of anilines is 1. The normalized spacial score (nSPS) is 27.8. The van der Waals surface area contributed by atoms with Gasteiger partial charge in [0.25, 0.3) is 5.91 Å². The Balaban J connectivity index is 1.50. The lowest BCUT2D eigenvalue weighted by atomic mass is 9.94. The van der Waals surface area contributed by atoms with Crippen molar-refractivity contribution in [3.05, 3.63) is 41.4 Å². The van der Waals surface area contributed by atoms with Crippen LogP contribution in [0.1, 0.15) is 34.2 Å². The molecule has 0 radical (unpaired) electrons. The SMILES string of the molecule is Cc1cc(C(=O)N[C@H]2[C@H](O)[C@H](O)C[C@@H]2c2ccc(N3CCOCC3)nc2)no1. The molecular formula is C19H24N4O5. The molecule has 0 bridgehead atoms. The van der Waals surface area contributed by atoms with Crippen molar-refractivity contribution < 1.29 is 24.3 Å². The first-order chi connectivity index (χ1) is 13.5. The van der Waals surface area contributed by atoms with Crippen molar-refractivity contribution in [2.75, 3.05) is 31.2 Å². The Hall–Kier alpha value is -2.49. The van der Waals surface area contributed by atoms with Crippen molar-refractivity contribution in [1.82, 2.24) is 15.5 Å². The maximum atomic E-state index is 12.4. The standard InChI is InChI=1S/C19H24N4O5/c1-11-8-14(22-28-11)19(26)21-17-13(9-15(24)18(17)25)12-2-3-16(20-10-12)23-4-6-27-7-5-23/h2-3,8,10,13,15,17-18,24-25H,4-7,9H2,1H3,(H,21,26)/t13-,15-,17-,18-/m1/s1. The highest BCUT2D eigenvalue weighted by Gasteiger charge is 2.43. The van der Waals surface area contributed by atoms with E-state index in [1.165, 1.54) is 6.07 Å². The second kappa shape index (κ2) is 7.86. The quantitative estimate of drug-likeness (QED) is 0.680. The minimum Gasteiger partial charge on any atom is -0.390 e. The molecule has 0 unspecified atom stereocenters. The number of pyridine rings is 1. The second-order valence-corrected chi connectivity index (χ2v) is 7.27. The van der Waals surface area contributed by atoms with Gasteiger partial charge in [0.05, 0.1) is 25.4 Å². The molecule has 150 valence electrons. The molecular weight excluding hydrogens is 364 g/mol. The molecule has 2 aromatic rings. The lowest BCUT2D eigenvalue weighted by Gasteiger charge is -2.28.